The van der Waals surface area contributed by atoms with Crippen LogP contribution in [-0.4, -0.2) is 24.4 Å². The molecule has 1 amide bonds. The number of amides is 1. The second kappa shape index (κ2) is 5.88. The van der Waals surface area contributed by atoms with Gasteiger partial charge in [-0.1, -0.05) is 26.5 Å². The number of ether oxygens (including phenoxy) is 1. The maximum Gasteiger partial charge on any atom is 0.308 e. The monoisotopic (exact) mass is 191 g/mol. The van der Waals surface area contributed by atoms with Crippen LogP contribution in [0.4, 0.5) is 4.79 Å². The zero-order valence-electron chi connectivity index (χ0n) is 7.16. The molecule has 4 nitrogen and oxygen atoms in total. The van der Waals surface area contributed by atoms with Gasteiger partial charge in [0.05, 0.1) is 12.5 Å². The number of esters is 1. The van der Waals surface area contributed by atoms with E-state index in [4.69, 9.17) is 4.74 Å². The highest BCUT2D eigenvalue weighted by atomic mass is 32.1. The van der Waals surface area contributed by atoms with Gasteiger partial charge in [-0.2, -0.15) is 0 Å². The van der Waals surface area contributed by atoms with E-state index in [9.17, 15) is 9.59 Å². The summed E-state index contributed by atoms with van der Waals surface area (Å²) in [5.41, 5.74) is 0. The largest absolute Gasteiger partial charge is 0.464 e. The molecule has 70 valence electrons. The highest BCUT2D eigenvalue weighted by Gasteiger charge is 2.06. The Hall–Kier alpha value is -0.710. The average Bonchev–Trinajstić information content (AvgIpc) is 1.97. The van der Waals surface area contributed by atoms with Gasteiger partial charge in [-0.25, -0.2) is 0 Å². The maximum absolute atomic E-state index is 10.8. The van der Waals surface area contributed by atoms with Crippen molar-refractivity contribution in [3.8, 4) is 0 Å². The number of rotatable bonds is 4. The summed E-state index contributed by atoms with van der Waals surface area (Å²) in [7, 11) is 0. The Kier molecular flexibility index (Phi) is 5.53. The van der Waals surface area contributed by atoms with Crippen LogP contribution >= 0.6 is 12.6 Å². The van der Waals surface area contributed by atoms with Crippen LogP contribution in [0.25, 0.3) is 0 Å². The van der Waals surface area contributed by atoms with Crippen LogP contribution in [-0.2, 0) is 9.53 Å². The molecule has 0 aromatic rings. The van der Waals surface area contributed by atoms with Gasteiger partial charge < -0.3 is 10.1 Å². The lowest BCUT2D eigenvalue weighted by molar-refractivity contribution is -0.147. The number of hydrogen-bond acceptors (Lipinski definition) is 3. The summed E-state index contributed by atoms with van der Waals surface area (Å²) in [6.07, 6.45) is 0. The van der Waals surface area contributed by atoms with Gasteiger partial charge in [0.2, 0.25) is 0 Å². The molecule has 0 atom stereocenters. The lowest BCUT2D eigenvalue weighted by atomic mass is 10.2. The summed E-state index contributed by atoms with van der Waals surface area (Å²) in [4.78, 5) is 21.1. The quantitative estimate of drug-likeness (QED) is 0.393. The van der Waals surface area contributed by atoms with Crippen molar-refractivity contribution in [3.63, 3.8) is 0 Å². The Balaban J connectivity index is 3.32. The molecule has 12 heavy (non-hydrogen) atoms. The standard InChI is InChI=1S/C7H13NO3S/c1-5(2)6(9)11-4-3-8-7(10)12/h5H,3-4H2,1-2H3,(H2,8,10,12). The molecule has 0 saturated heterocycles. The highest BCUT2D eigenvalue weighted by molar-refractivity contribution is 7.96. The van der Waals surface area contributed by atoms with Crippen LogP contribution in [0.3, 0.4) is 0 Å². The molecule has 0 bridgehead atoms. The zero-order chi connectivity index (χ0) is 9.56. The number of thiol groups is 1. The van der Waals surface area contributed by atoms with Crippen molar-refractivity contribution in [3.05, 3.63) is 0 Å². The first-order valence-electron chi connectivity index (χ1n) is 3.67. The molecule has 0 aromatic carbocycles. The van der Waals surface area contributed by atoms with Crippen molar-refractivity contribution in [1.82, 2.24) is 5.32 Å². The Morgan fingerprint density at radius 2 is 2.08 bits per heavy atom. The van der Waals surface area contributed by atoms with Gasteiger partial charge in [0.25, 0.3) is 5.24 Å². The number of nitrogens with one attached hydrogen (secondary N) is 1. The molecule has 0 aliphatic heterocycles. The maximum atomic E-state index is 10.8. The number of carbonyl (C=O) groups excluding carboxylic acids is 2. The second-order valence-corrected chi connectivity index (χ2v) is 2.96. The lowest BCUT2D eigenvalue weighted by Crippen LogP contribution is -2.24. The fourth-order valence-electron chi connectivity index (χ4n) is 0.476. The summed E-state index contributed by atoms with van der Waals surface area (Å²) in [5.74, 6) is -0.389. The molecule has 0 heterocycles. The fourth-order valence-corrected chi connectivity index (χ4v) is 0.588. The van der Waals surface area contributed by atoms with E-state index in [1.807, 2.05) is 0 Å². The van der Waals surface area contributed by atoms with Crippen LogP contribution < -0.4 is 5.32 Å². The van der Waals surface area contributed by atoms with Gasteiger partial charge in [0.1, 0.15) is 6.61 Å². The lowest BCUT2D eigenvalue weighted by Gasteiger charge is -2.06. The third-order valence-corrected chi connectivity index (χ3v) is 1.25. The summed E-state index contributed by atoms with van der Waals surface area (Å²) in [5, 5.41) is 1.97. The van der Waals surface area contributed by atoms with Crippen LogP contribution in [0.15, 0.2) is 0 Å². The van der Waals surface area contributed by atoms with E-state index in [0.29, 0.717) is 6.54 Å². The van der Waals surface area contributed by atoms with Crippen LogP contribution in [0, 0.1) is 5.92 Å². The molecule has 0 spiro atoms. The molecule has 0 fully saturated rings. The topological polar surface area (TPSA) is 55.4 Å². The Morgan fingerprint density at radius 1 is 1.50 bits per heavy atom. The van der Waals surface area contributed by atoms with Crippen molar-refractivity contribution in [2.75, 3.05) is 13.2 Å². The smallest absolute Gasteiger partial charge is 0.308 e. The van der Waals surface area contributed by atoms with E-state index >= 15 is 0 Å². The van der Waals surface area contributed by atoms with E-state index in [1.54, 1.807) is 13.8 Å². The van der Waals surface area contributed by atoms with Crippen LogP contribution in [0.1, 0.15) is 13.8 Å². The minimum absolute atomic E-state index is 0.128. The summed E-state index contributed by atoms with van der Waals surface area (Å²) in [6.45, 7) is 4.00. The van der Waals surface area contributed by atoms with Gasteiger partial charge in [-0.3, -0.25) is 9.59 Å². The first-order chi connectivity index (χ1) is 5.54. The van der Waals surface area contributed by atoms with Gasteiger partial charge in [-0.05, 0) is 0 Å². The van der Waals surface area contributed by atoms with Crippen molar-refractivity contribution in [2.45, 2.75) is 13.8 Å². The minimum atomic E-state index is -0.421. The van der Waals surface area contributed by atoms with Gasteiger partial charge >= 0.3 is 5.97 Å². The van der Waals surface area contributed by atoms with Crippen LogP contribution in [0.5, 0.6) is 0 Å². The van der Waals surface area contributed by atoms with Crippen molar-refractivity contribution in [1.29, 1.82) is 0 Å². The van der Waals surface area contributed by atoms with E-state index in [-0.39, 0.29) is 18.5 Å². The first kappa shape index (κ1) is 11.3. The predicted molar refractivity (Wildman–Crippen MR) is 48.2 cm³/mol. The highest BCUT2D eigenvalue weighted by Crippen LogP contribution is 1.94. The first-order valence-corrected chi connectivity index (χ1v) is 4.12. The molecule has 0 saturated carbocycles. The van der Waals surface area contributed by atoms with Crippen molar-refractivity contribution >= 4 is 23.8 Å². The average molecular weight is 191 g/mol. The van der Waals surface area contributed by atoms with Gasteiger partial charge in [0, 0.05) is 0 Å². The molecule has 0 aliphatic carbocycles. The molecular weight excluding hydrogens is 178 g/mol. The predicted octanol–water partition coefficient (Wildman–Crippen LogP) is 0.825. The van der Waals surface area contributed by atoms with Crippen molar-refractivity contribution in [2.24, 2.45) is 5.92 Å². The van der Waals surface area contributed by atoms with Crippen molar-refractivity contribution < 1.29 is 14.3 Å². The molecule has 1 N–H and O–H groups in total. The van der Waals surface area contributed by atoms with E-state index in [1.165, 1.54) is 0 Å². The minimum Gasteiger partial charge on any atom is -0.464 e. The normalized spacial score (nSPS) is 9.67. The number of hydrogen-bond donors (Lipinski definition) is 2. The van der Waals surface area contributed by atoms with E-state index < -0.39 is 5.24 Å². The third-order valence-electron chi connectivity index (χ3n) is 1.09. The van der Waals surface area contributed by atoms with E-state index in [2.05, 4.69) is 17.9 Å². The molecule has 0 aliphatic rings. The third kappa shape index (κ3) is 6.03. The van der Waals surface area contributed by atoms with Gasteiger partial charge in [-0.15, -0.1) is 0 Å². The Bertz CT molecular complexity index is 170. The van der Waals surface area contributed by atoms with Gasteiger partial charge in [0.15, 0.2) is 0 Å². The fraction of sp³-hybridized carbons (Fsp3) is 0.714. The zero-order valence-corrected chi connectivity index (χ0v) is 8.06. The molecule has 5 heteroatoms. The molecule has 0 unspecified atom stereocenters. The molecular formula is C7H13NO3S. The second-order valence-electron chi connectivity index (χ2n) is 2.55. The molecule has 0 rings (SSSR count). The Labute approximate surface area is 77.1 Å². The summed E-state index contributed by atoms with van der Waals surface area (Å²) < 4.78 is 4.77. The summed E-state index contributed by atoms with van der Waals surface area (Å²) >= 11 is 3.47. The molecule has 0 aromatic heterocycles. The van der Waals surface area contributed by atoms with Crippen LogP contribution in [0.2, 0.25) is 0 Å². The van der Waals surface area contributed by atoms with E-state index in [0.717, 1.165) is 0 Å². The SMILES string of the molecule is CC(C)C(=O)OCCNC(=O)S. The number of carbonyl (C=O) groups is 2. The summed E-state index contributed by atoms with van der Waals surface area (Å²) in [6, 6.07) is 0. The Morgan fingerprint density at radius 3 is 2.50 bits per heavy atom. The molecule has 0 radical (unpaired) electrons.